The van der Waals surface area contributed by atoms with Gasteiger partial charge in [-0.05, 0) is 57.6 Å². The third kappa shape index (κ3) is 3.88. The van der Waals surface area contributed by atoms with E-state index in [1.165, 1.54) is 87.3 Å². The maximum absolute atomic E-state index is 2.42. The van der Waals surface area contributed by atoms with Crippen molar-refractivity contribution in [1.29, 1.82) is 0 Å². The fraction of sp³-hybridized carbons (Fsp3) is 0.310. The first-order chi connectivity index (χ1) is 15.2. The number of rotatable bonds is 0. The summed E-state index contributed by atoms with van der Waals surface area (Å²) in [7, 11) is 0. The van der Waals surface area contributed by atoms with E-state index in [4.69, 9.17) is 0 Å². The summed E-state index contributed by atoms with van der Waals surface area (Å²) in [6.45, 7) is 9.65. The lowest BCUT2D eigenvalue weighted by Crippen LogP contribution is -2.43. The molecule has 0 aromatic heterocycles. The van der Waals surface area contributed by atoms with Gasteiger partial charge in [0, 0.05) is 61.2 Å². The molecule has 1 saturated heterocycles. The highest BCUT2D eigenvalue weighted by atomic mass is 128. The standard InChI is InChI=1S/C28H28N.CH4.I2/c1-19-15-21-9-3-5-11-23(21)27-25(19)17-29(13-7-8-14-29)18-26-20(2)16-22-10-4-6-12-24(22)28(26)27;;1-2/h3-6,9-12,15-16H,7-8,13-14,17-18H2,1-2H3;1H4;/q+1;;. The Labute approximate surface area is 216 Å². The van der Waals surface area contributed by atoms with Gasteiger partial charge in [0.05, 0.1) is 13.1 Å². The van der Waals surface area contributed by atoms with Crippen LogP contribution >= 0.6 is 37.2 Å². The minimum atomic E-state index is 0. The van der Waals surface area contributed by atoms with Crippen LogP contribution in [0.5, 0.6) is 0 Å². The van der Waals surface area contributed by atoms with E-state index in [9.17, 15) is 0 Å². The Hall–Kier alpha value is -1.18. The Morgan fingerprint density at radius 1 is 0.656 bits per heavy atom. The fourth-order valence-corrected chi connectivity index (χ4v) is 6.09. The van der Waals surface area contributed by atoms with E-state index in [2.05, 4.69) is 112 Å². The summed E-state index contributed by atoms with van der Waals surface area (Å²) in [4.78, 5) is 0. The monoisotopic (exact) mass is 648 g/mol. The molecule has 2 aliphatic rings. The summed E-state index contributed by atoms with van der Waals surface area (Å²) in [5.74, 6) is 0. The first-order valence-electron chi connectivity index (χ1n) is 11.2. The third-order valence-corrected chi connectivity index (χ3v) is 7.51. The summed E-state index contributed by atoms with van der Waals surface area (Å²) in [6.07, 6.45) is 2.73. The summed E-state index contributed by atoms with van der Waals surface area (Å²) in [5, 5.41) is 5.58. The predicted molar refractivity (Wildman–Crippen MR) is 158 cm³/mol. The second-order valence-corrected chi connectivity index (χ2v) is 9.35. The molecule has 6 rings (SSSR count). The van der Waals surface area contributed by atoms with Crippen LogP contribution in [-0.4, -0.2) is 17.6 Å². The van der Waals surface area contributed by atoms with Crippen LogP contribution in [0.25, 0.3) is 32.7 Å². The summed E-state index contributed by atoms with van der Waals surface area (Å²) >= 11 is 4.24. The Kier molecular flexibility index (Phi) is 7.18. The third-order valence-electron chi connectivity index (χ3n) is 7.51. The van der Waals surface area contributed by atoms with Crippen molar-refractivity contribution in [1.82, 2.24) is 0 Å². The number of hydrogen-bond donors (Lipinski definition) is 0. The number of nitrogens with zero attached hydrogens (tertiary/aromatic N) is 1. The highest BCUT2D eigenvalue weighted by molar-refractivity contribution is 15.0. The lowest BCUT2D eigenvalue weighted by atomic mass is 9.85. The zero-order valence-corrected chi connectivity index (χ0v) is 22.5. The average molecular weight is 648 g/mol. The molecular weight excluding hydrogens is 616 g/mol. The van der Waals surface area contributed by atoms with Gasteiger partial charge in [0.1, 0.15) is 13.1 Å². The van der Waals surface area contributed by atoms with Crippen molar-refractivity contribution in [3.8, 4) is 11.1 Å². The zero-order valence-electron chi connectivity index (χ0n) is 18.2. The minimum Gasteiger partial charge on any atom is -0.316 e. The molecule has 0 aliphatic carbocycles. The van der Waals surface area contributed by atoms with Gasteiger partial charge in [-0.25, -0.2) is 0 Å². The summed E-state index contributed by atoms with van der Waals surface area (Å²) in [5.41, 5.74) is 9.11. The Morgan fingerprint density at radius 2 is 1.06 bits per heavy atom. The smallest absolute Gasteiger partial charge is 0.106 e. The average Bonchev–Trinajstić information content (AvgIpc) is 3.18. The van der Waals surface area contributed by atoms with Crippen LogP contribution < -0.4 is 0 Å². The quantitative estimate of drug-likeness (QED) is 0.132. The fourth-order valence-electron chi connectivity index (χ4n) is 6.09. The molecule has 3 heteroatoms. The number of hydrogen-bond acceptors (Lipinski definition) is 0. The molecule has 0 amide bonds. The molecule has 4 aromatic rings. The van der Waals surface area contributed by atoms with E-state index >= 15 is 0 Å². The molecule has 0 radical (unpaired) electrons. The molecule has 1 spiro atoms. The van der Waals surface area contributed by atoms with Crippen molar-refractivity contribution in [2.45, 2.75) is 47.2 Å². The zero-order chi connectivity index (χ0) is 21.6. The normalized spacial score (nSPS) is 16.0. The molecule has 2 heterocycles. The van der Waals surface area contributed by atoms with Gasteiger partial charge < -0.3 is 4.48 Å². The summed E-state index contributed by atoms with van der Waals surface area (Å²) in [6, 6.07) is 22.9. The Bertz CT molecular complexity index is 1190. The van der Waals surface area contributed by atoms with E-state index < -0.39 is 0 Å². The van der Waals surface area contributed by atoms with Crippen molar-refractivity contribution in [2.24, 2.45) is 0 Å². The van der Waals surface area contributed by atoms with Crippen molar-refractivity contribution < 1.29 is 4.48 Å². The molecule has 32 heavy (non-hydrogen) atoms. The van der Waals surface area contributed by atoms with Crippen molar-refractivity contribution in [3.63, 3.8) is 0 Å². The van der Waals surface area contributed by atoms with Crippen molar-refractivity contribution in [3.05, 3.63) is 82.9 Å². The van der Waals surface area contributed by atoms with Gasteiger partial charge in [0.25, 0.3) is 0 Å². The first kappa shape index (κ1) is 24.0. The van der Waals surface area contributed by atoms with Crippen LogP contribution in [0.15, 0.2) is 60.7 Å². The van der Waals surface area contributed by atoms with Crippen LogP contribution in [-0.2, 0) is 13.1 Å². The van der Waals surface area contributed by atoms with Gasteiger partial charge in [0.15, 0.2) is 0 Å². The van der Waals surface area contributed by atoms with E-state index in [1.54, 1.807) is 11.1 Å². The van der Waals surface area contributed by atoms with E-state index in [1.807, 2.05) is 0 Å². The molecular formula is C29H32I2N+. The minimum absolute atomic E-state index is 0. The Morgan fingerprint density at radius 3 is 1.50 bits per heavy atom. The first-order valence-corrected chi connectivity index (χ1v) is 17.5. The van der Waals surface area contributed by atoms with Crippen LogP contribution in [0.4, 0.5) is 0 Å². The molecule has 2 aliphatic heterocycles. The molecule has 4 aromatic carbocycles. The number of fused-ring (bicyclic) bond motifs is 7. The van der Waals surface area contributed by atoms with Gasteiger partial charge >= 0.3 is 0 Å². The molecule has 0 atom stereocenters. The number of aryl methyl sites for hydroxylation is 2. The second kappa shape index (κ2) is 9.59. The number of benzene rings is 4. The molecule has 1 fully saturated rings. The van der Waals surface area contributed by atoms with Crippen molar-refractivity contribution in [2.75, 3.05) is 13.1 Å². The molecule has 1 nitrogen and oxygen atoms in total. The Balaban J connectivity index is 0.000000796. The van der Waals surface area contributed by atoms with E-state index in [0.29, 0.717) is 0 Å². The van der Waals surface area contributed by atoms with Crippen LogP contribution in [0.1, 0.15) is 42.5 Å². The van der Waals surface area contributed by atoms with Crippen LogP contribution in [0, 0.1) is 13.8 Å². The highest BCUT2D eigenvalue weighted by Gasteiger charge is 2.38. The van der Waals surface area contributed by atoms with Crippen LogP contribution in [0.2, 0.25) is 0 Å². The molecule has 0 saturated carbocycles. The highest BCUT2D eigenvalue weighted by Crippen LogP contribution is 2.46. The molecule has 166 valence electrons. The van der Waals surface area contributed by atoms with Gasteiger partial charge in [-0.1, -0.05) is 68.1 Å². The maximum atomic E-state index is 2.42. The van der Waals surface area contributed by atoms with Gasteiger partial charge in [-0.2, -0.15) is 0 Å². The second-order valence-electron chi connectivity index (χ2n) is 9.35. The van der Waals surface area contributed by atoms with E-state index in [-0.39, 0.29) is 7.43 Å². The van der Waals surface area contributed by atoms with Crippen molar-refractivity contribution >= 4 is 58.8 Å². The maximum Gasteiger partial charge on any atom is 0.106 e. The van der Waals surface area contributed by atoms with Gasteiger partial charge in [0.2, 0.25) is 0 Å². The SMILES string of the molecule is C.Cc1cc2ccccc2c2c1C[N+]1(CCCC1)Cc1c(C)cc3ccccc3c1-2.II. The lowest BCUT2D eigenvalue weighted by Gasteiger charge is -2.34. The van der Waals surface area contributed by atoms with E-state index in [0.717, 1.165) is 0 Å². The lowest BCUT2D eigenvalue weighted by molar-refractivity contribution is -0.942. The largest absolute Gasteiger partial charge is 0.316 e. The van der Waals surface area contributed by atoms with Gasteiger partial charge in [-0.15, -0.1) is 0 Å². The molecule has 0 bridgehead atoms. The molecule has 0 N–H and O–H groups in total. The van der Waals surface area contributed by atoms with Gasteiger partial charge in [-0.3, -0.25) is 0 Å². The summed E-state index contributed by atoms with van der Waals surface area (Å²) < 4.78 is 1.23. The number of quaternary nitrogens is 1. The van der Waals surface area contributed by atoms with Crippen LogP contribution in [0.3, 0.4) is 0 Å². The number of halogens is 2. The topological polar surface area (TPSA) is 0 Å². The predicted octanol–water partition coefficient (Wildman–Crippen LogP) is 9.31. The molecule has 0 unspecified atom stereocenters.